The molecule has 1 aromatic rings. The Balaban J connectivity index is 3.00. The smallest absolute Gasteiger partial charge is 0.341 e. The van der Waals surface area contributed by atoms with Gasteiger partial charge in [0.2, 0.25) is 0 Å². The van der Waals surface area contributed by atoms with E-state index in [9.17, 15) is 4.79 Å². The average molecular weight is 224 g/mol. The minimum absolute atomic E-state index is 0.261. The van der Waals surface area contributed by atoms with Crippen molar-refractivity contribution in [3.8, 4) is 0 Å². The van der Waals surface area contributed by atoms with E-state index in [1.807, 2.05) is 20.8 Å². The summed E-state index contributed by atoms with van der Waals surface area (Å²) in [5, 5.41) is 0. The summed E-state index contributed by atoms with van der Waals surface area (Å²) in [4.78, 5) is 11.8. The van der Waals surface area contributed by atoms with Gasteiger partial charge in [0, 0.05) is 5.56 Å². The Morgan fingerprint density at radius 1 is 1.25 bits per heavy atom. The summed E-state index contributed by atoms with van der Waals surface area (Å²) >= 11 is 0. The Morgan fingerprint density at radius 2 is 1.94 bits per heavy atom. The highest BCUT2D eigenvalue weighted by molar-refractivity contribution is 5.92. The zero-order valence-corrected chi connectivity index (χ0v) is 10.6. The van der Waals surface area contributed by atoms with Gasteiger partial charge in [0.1, 0.15) is 17.1 Å². The third-order valence-corrected chi connectivity index (χ3v) is 2.64. The largest absolute Gasteiger partial charge is 0.465 e. The number of unbranched alkanes of at least 4 members (excludes halogenated alkanes) is 1. The van der Waals surface area contributed by atoms with E-state index in [0.29, 0.717) is 17.9 Å². The second-order valence-electron chi connectivity index (χ2n) is 3.89. The van der Waals surface area contributed by atoms with Crippen LogP contribution >= 0.6 is 0 Å². The van der Waals surface area contributed by atoms with Crippen LogP contribution in [0.1, 0.15) is 54.1 Å². The van der Waals surface area contributed by atoms with Crippen LogP contribution < -0.4 is 0 Å². The third kappa shape index (κ3) is 2.65. The summed E-state index contributed by atoms with van der Waals surface area (Å²) in [5.41, 5.74) is 1.64. The highest BCUT2D eigenvalue weighted by atomic mass is 16.5. The number of hydrogen-bond donors (Lipinski definition) is 0. The Kier molecular flexibility index (Phi) is 4.59. The van der Waals surface area contributed by atoms with E-state index >= 15 is 0 Å². The molecule has 0 aliphatic carbocycles. The Morgan fingerprint density at radius 3 is 2.50 bits per heavy atom. The molecule has 0 aliphatic heterocycles. The lowest BCUT2D eigenvalue weighted by molar-refractivity contribution is 0.0523. The average Bonchev–Trinajstić information content (AvgIpc) is 2.50. The molecule has 0 radical (unpaired) electrons. The van der Waals surface area contributed by atoms with Gasteiger partial charge in [0.15, 0.2) is 0 Å². The molecule has 16 heavy (non-hydrogen) atoms. The van der Waals surface area contributed by atoms with Crippen molar-refractivity contribution in [2.45, 2.75) is 47.0 Å². The lowest BCUT2D eigenvalue weighted by Gasteiger charge is -2.04. The highest BCUT2D eigenvalue weighted by Gasteiger charge is 2.21. The van der Waals surface area contributed by atoms with Gasteiger partial charge in [-0.25, -0.2) is 4.79 Å². The number of hydrogen-bond acceptors (Lipinski definition) is 3. The highest BCUT2D eigenvalue weighted by Crippen LogP contribution is 2.24. The van der Waals surface area contributed by atoms with Crippen LogP contribution in [0.15, 0.2) is 4.42 Å². The van der Waals surface area contributed by atoms with E-state index < -0.39 is 0 Å². The molecule has 0 bridgehead atoms. The predicted molar refractivity (Wildman–Crippen MR) is 62.8 cm³/mol. The van der Waals surface area contributed by atoms with Gasteiger partial charge in [0.05, 0.1) is 6.61 Å². The van der Waals surface area contributed by atoms with Gasteiger partial charge in [-0.2, -0.15) is 0 Å². The number of ether oxygens (including phenoxy) is 1. The molecule has 0 atom stereocenters. The zero-order chi connectivity index (χ0) is 12.1. The molecule has 0 aliphatic rings. The summed E-state index contributed by atoms with van der Waals surface area (Å²) in [6.45, 7) is 8.06. The van der Waals surface area contributed by atoms with Gasteiger partial charge in [-0.3, -0.25) is 0 Å². The number of rotatable bonds is 5. The number of carbonyl (C=O) groups excluding carboxylic acids is 1. The first kappa shape index (κ1) is 12.8. The van der Waals surface area contributed by atoms with Gasteiger partial charge < -0.3 is 9.15 Å². The first-order chi connectivity index (χ1) is 7.61. The van der Waals surface area contributed by atoms with E-state index in [2.05, 4.69) is 6.92 Å². The topological polar surface area (TPSA) is 39.4 Å². The predicted octanol–water partition coefficient (Wildman–Crippen LogP) is 3.42. The molecule has 1 heterocycles. The molecule has 0 saturated carbocycles. The maximum atomic E-state index is 11.8. The zero-order valence-electron chi connectivity index (χ0n) is 10.6. The standard InChI is InChI=1S/C13H20O3/c1-5-7-8-11-9(3)16-10(4)12(11)13(14)15-6-2/h5-8H2,1-4H3. The third-order valence-electron chi connectivity index (χ3n) is 2.64. The van der Waals surface area contributed by atoms with Crippen LogP contribution in [0.4, 0.5) is 0 Å². The molecule has 0 aromatic carbocycles. The lowest BCUT2D eigenvalue weighted by Crippen LogP contribution is -2.08. The summed E-state index contributed by atoms with van der Waals surface area (Å²) < 4.78 is 10.6. The summed E-state index contributed by atoms with van der Waals surface area (Å²) in [5.74, 6) is 1.25. The second kappa shape index (κ2) is 5.73. The fourth-order valence-electron chi connectivity index (χ4n) is 1.86. The number of carbonyl (C=O) groups is 1. The number of aryl methyl sites for hydroxylation is 2. The molecule has 1 rings (SSSR count). The quantitative estimate of drug-likeness (QED) is 0.719. The van der Waals surface area contributed by atoms with Crippen molar-refractivity contribution in [3.05, 3.63) is 22.6 Å². The Hall–Kier alpha value is -1.25. The molecule has 3 heteroatoms. The first-order valence-corrected chi connectivity index (χ1v) is 5.87. The molecule has 90 valence electrons. The number of esters is 1. The van der Waals surface area contributed by atoms with Crippen molar-refractivity contribution in [1.29, 1.82) is 0 Å². The molecule has 1 aromatic heterocycles. The lowest BCUT2D eigenvalue weighted by atomic mass is 10.0. The van der Waals surface area contributed by atoms with Crippen molar-refractivity contribution in [2.24, 2.45) is 0 Å². The van der Waals surface area contributed by atoms with Crippen LogP contribution in [0.3, 0.4) is 0 Å². The van der Waals surface area contributed by atoms with Crippen LogP contribution in [0.25, 0.3) is 0 Å². The molecule has 0 fully saturated rings. The van der Waals surface area contributed by atoms with Gasteiger partial charge in [-0.05, 0) is 33.6 Å². The van der Waals surface area contributed by atoms with Crippen molar-refractivity contribution < 1.29 is 13.9 Å². The summed E-state index contributed by atoms with van der Waals surface area (Å²) in [6.07, 6.45) is 3.05. The molecule has 0 saturated heterocycles. The van der Waals surface area contributed by atoms with Gasteiger partial charge in [-0.15, -0.1) is 0 Å². The molecule has 0 amide bonds. The van der Waals surface area contributed by atoms with Crippen LogP contribution in [0, 0.1) is 13.8 Å². The monoisotopic (exact) mass is 224 g/mol. The van der Waals surface area contributed by atoms with Gasteiger partial charge in [-0.1, -0.05) is 13.3 Å². The van der Waals surface area contributed by atoms with Gasteiger partial charge in [0.25, 0.3) is 0 Å². The molecule has 3 nitrogen and oxygen atoms in total. The maximum Gasteiger partial charge on any atom is 0.341 e. The van der Waals surface area contributed by atoms with E-state index in [1.54, 1.807) is 0 Å². The summed E-state index contributed by atoms with van der Waals surface area (Å²) in [7, 11) is 0. The van der Waals surface area contributed by atoms with Crippen LogP contribution in [0.5, 0.6) is 0 Å². The van der Waals surface area contributed by atoms with E-state index in [1.165, 1.54) is 0 Å². The van der Waals surface area contributed by atoms with Crippen molar-refractivity contribution in [3.63, 3.8) is 0 Å². The first-order valence-electron chi connectivity index (χ1n) is 5.87. The Bertz CT molecular complexity index is 363. The number of furan rings is 1. The van der Waals surface area contributed by atoms with E-state index in [-0.39, 0.29) is 5.97 Å². The molecular formula is C13H20O3. The summed E-state index contributed by atoms with van der Waals surface area (Å²) in [6, 6.07) is 0. The molecule has 0 unspecified atom stereocenters. The fourth-order valence-corrected chi connectivity index (χ4v) is 1.86. The van der Waals surface area contributed by atoms with E-state index in [0.717, 1.165) is 30.6 Å². The SMILES string of the molecule is CCCCc1c(C)oc(C)c1C(=O)OCC. The van der Waals surface area contributed by atoms with Crippen LogP contribution in [-0.4, -0.2) is 12.6 Å². The van der Waals surface area contributed by atoms with Crippen molar-refractivity contribution in [1.82, 2.24) is 0 Å². The van der Waals surface area contributed by atoms with Gasteiger partial charge >= 0.3 is 5.97 Å². The molecule has 0 spiro atoms. The van der Waals surface area contributed by atoms with Crippen molar-refractivity contribution >= 4 is 5.97 Å². The Labute approximate surface area is 96.8 Å². The second-order valence-corrected chi connectivity index (χ2v) is 3.89. The molecule has 0 N–H and O–H groups in total. The van der Waals surface area contributed by atoms with E-state index in [4.69, 9.17) is 9.15 Å². The van der Waals surface area contributed by atoms with Crippen molar-refractivity contribution in [2.75, 3.05) is 6.61 Å². The van der Waals surface area contributed by atoms with Crippen LogP contribution in [0.2, 0.25) is 0 Å². The van der Waals surface area contributed by atoms with Crippen LogP contribution in [-0.2, 0) is 11.2 Å². The maximum absolute atomic E-state index is 11.8. The molecular weight excluding hydrogens is 204 g/mol. The normalized spacial score (nSPS) is 10.5. The minimum atomic E-state index is -0.261. The fraction of sp³-hybridized carbons (Fsp3) is 0.615. The minimum Gasteiger partial charge on any atom is -0.465 e.